The number of hydrogen-bond acceptors (Lipinski definition) is 3. The quantitative estimate of drug-likeness (QED) is 0.660. The van der Waals surface area contributed by atoms with Crippen molar-refractivity contribution in [1.29, 1.82) is 0 Å². The van der Waals surface area contributed by atoms with Crippen molar-refractivity contribution in [2.45, 2.75) is 19.4 Å². The summed E-state index contributed by atoms with van der Waals surface area (Å²) in [5.74, 6) is 0.279. The van der Waals surface area contributed by atoms with Gasteiger partial charge >= 0.3 is 0 Å². The fourth-order valence-electron chi connectivity index (χ4n) is 3.13. The lowest BCUT2D eigenvalue weighted by Crippen LogP contribution is -2.37. The van der Waals surface area contributed by atoms with Gasteiger partial charge in [0.25, 0.3) is 5.91 Å². The van der Waals surface area contributed by atoms with Crippen molar-refractivity contribution in [1.82, 2.24) is 19.5 Å². The molecule has 3 aromatic rings. The van der Waals surface area contributed by atoms with E-state index in [1.54, 1.807) is 23.0 Å². The summed E-state index contributed by atoms with van der Waals surface area (Å²) in [7, 11) is 0. The summed E-state index contributed by atoms with van der Waals surface area (Å²) >= 11 is 3.36. The second-order valence-electron chi connectivity index (χ2n) is 5.89. The van der Waals surface area contributed by atoms with Crippen LogP contribution in [0.4, 0.5) is 0 Å². The standard InChI is InChI=1S/C17H15BrN4O/c1-11-8-21(9-12-4-2-3-5-14(11)12)17(23)15-6-16-19-7-13(18)10-22(16)20-15/h2-7,10-11H,8-9H2,1H3/t11-/m1/s1. The summed E-state index contributed by atoms with van der Waals surface area (Å²) in [5, 5.41) is 4.36. The van der Waals surface area contributed by atoms with Gasteiger partial charge in [0.05, 0.1) is 4.47 Å². The number of halogens is 1. The highest BCUT2D eigenvalue weighted by Crippen LogP contribution is 2.28. The van der Waals surface area contributed by atoms with Gasteiger partial charge in [-0.2, -0.15) is 5.10 Å². The Bertz CT molecular complexity index is 904. The van der Waals surface area contributed by atoms with Crippen LogP contribution in [-0.2, 0) is 6.54 Å². The first-order valence-corrected chi connectivity index (χ1v) is 8.29. The van der Waals surface area contributed by atoms with Crippen molar-refractivity contribution in [3.8, 4) is 0 Å². The molecule has 0 N–H and O–H groups in total. The molecule has 0 fully saturated rings. The Balaban J connectivity index is 1.66. The number of fused-ring (bicyclic) bond motifs is 2. The normalized spacial score (nSPS) is 17.3. The number of amides is 1. The third-order valence-electron chi connectivity index (χ3n) is 4.23. The number of hydrogen-bond donors (Lipinski definition) is 0. The molecule has 1 aliphatic rings. The number of carbonyl (C=O) groups is 1. The van der Waals surface area contributed by atoms with E-state index in [4.69, 9.17) is 0 Å². The largest absolute Gasteiger partial charge is 0.332 e. The maximum Gasteiger partial charge on any atom is 0.274 e. The lowest BCUT2D eigenvalue weighted by molar-refractivity contribution is 0.0714. The highest BCUT2D eigenvalue weighted by atomic mass is 79.9. The Morgan fingerprint density at radius 2 is 2.17 bits per heavy atom. The van der Waals surface area contributed by atoms with Crippen LogP contribution < -0.4 is 0 Å². The average molecular weight is 371 g/mol. The Morgan fingerprint density at radius 1 is 1.35 bits per heavy atom. The van der Waals surface area contributed by atoms with Gasteiger partial charge in [0, 0.05) is 31.5 Å². The first-order valence-electron chi connectivity index (χ1n) is 7.50. The Morgan fingerprint density at radius 3 is 3.04 bits per heavy atom. The second-order valence-corrected chi connectivity index (χ2v) is 6.81. The van der Waals surface area contributed by atoms with Crippen LogP contribution in [0.3, 0.4) is 0 Å². The molecule has 0 aliphatic carbocycles. The van der Waals surface area contributed by atoms with Gasteiger partial charge in [0.1, 0.15) is 0 Å². The van der Waals surface area contributed by atoms with Crippen LogP contribution in [0.5, 0.6) is 0 Å². The molecule has 116 valence electrons. The lowest BCUT2D eigenvalue weighted by atomic mass is 9.91. The van der Waals surface area contributed by atoms with Crippen molar-refractivity contribution < 1.29 is 4.79 Å². The zero-order valence-electron chi connectivity index (χ0n) is 12.6. The van der Waals surface area contributed by atoms with Crippen LogP contribution in [0.1, 0.15) is 34.5 Å². The summed E-state index contributed by atoms with van der Waals surface area (Å²) in [6, 6.07) is 10.0. The molecule has 6 heteroatoms. The zero-order valence-corrected chi connectivity index (χ0v) is 14.2. The van der Waals surface area contributed by atoms with Crippen molar-refractivity contribution >= 4 is 27.5 Å². The Labute approximate surface area is 142 Å². The van der Waals surface area contributed by atoms with Crippen molar-refractivity contribution in [2.75, 3.05) is 6.54 Å². The van der Waals surface area contributed by atoms with Gasteiger partial charge in [-0.1, -0.05) is 31.2 Å². The van der Waals surface area contributed by atoms with Crippen molar-refractivity contribution in [3.63, 3.8) is 0 Å². The molecule has 1 aromatic carbocycles. The first kappa shape index (κ1) is 14.4. The Kier molecular flexibility index (Phi) is 3.41. The fraction of sp³-hybridized carbons (Fsp3) is 0.235. The van der Waals surface area contributed by atoms with Gasteiger partial charge < -0.3 is 4.90 Å². The maximum atomic E-state index is 12.8. The van der Waals surface area contributed by atoms with E-state index < -0.39 is 0 Å². The number of aromatic nitrogens is 3. The van der Waals surface area contributed by atoms with Gasteiger partial charge in [0.2, 0.25) is 0 Å². The summed E-state index contributed by atoms with van der Waals surface area (Å²) in [6.07, 6.45) is 3.50. The molecule has 4 rings (SSSR count). The van der Waals surface area contributed by atoms with Crippen LogP contribution in [-0.4, -0.2) is 31.9 Å². The van der Waals surface area contributed by atoms with Gasteiger partial charge in [-0.25, -0.2) is 9.50 Å². The van der Waals surface area contributed by atoms with Crippen LogP contribution >= 0.6 is 15.9 Å². The van der Waals surface area contributed by atoms with E-state index >= 15 is 0 Å². The molecule has 3 heterocycles. The first-order chi connectivity index (χ1) is 11.1. The van der Waals surface area contributed by atoms with E-state index in [1.807, 2.05) is 11.0 Å². The molecule has 0 bridgehead atoms. The number of nitrogens with zero attached hydrogens (tertiary/aromatic N) is 4. The summed E-state index contributed by atoms with van der Waals surface area (Å²) in [6.45, 7) is 3.49. The molecule has 0 spiro atoms. The van der Waals surface area contributed by atoms with Gasteiger partial charge in [-0.3, -0.25) is 4.79 Å². The Hall–Kier alpha value is -2.21. The smallest absolute Gasteiger partial charge is 0.274 e. The summed E-state index contributed by atoms with van der Waals surface area (Å²) in [5.41, 5.74) is 3.64. The minimum absolute atomic E-state index is 0.0482. The molecular weight excluding hydrogens is 356 g/mol. The van der Waals surface area contributed by atoms with Crippen LogP contribution in [0.15, 0.2) is 47.2 Å². The van der Waals surface area contributed by atoms with Crippen LogP contribution in [0, 0.1) is 0 Å². The second kappa shape index (κ2) is 5.45. The number of carbonyl (C=O) groups excluding carboxylic acids is 1. The van der Waals surface area contributed by atoms with E-state index in [2.05, 4.69) is 51.1 Å². The monoisotopic (exact) mass is 370 g/mol. The molecule has 0 radical (unpaired) electrons. The maximum absolute atomic E-state index is 12.8. The van der Waals surface area contributed by atoms with Crippen LogP contribution in [0.2, 0.25) is 0 Å². The third kappa shape index (κ3) is 2.53. The molecule has 0 unspecified atom stereocenters. The highest BCUT2D eigenvalue weighted by molar-refractivity contribution is 9.10. The van der Waals surface area contributed by atoms with E-state index in [9.17, 15) is 4.79 Å². The minimum Gasteiger partial charge on any atom is -0.332 e. The predicted octanol–water partition coefficient (Wildman–Crippen LogP) is 3.25. The molecule has 2 aromatic heterocycles. The SMILES string of the molecule is C[C@@H]1CN(C(=O)c2cc3ncc(Br)cn3n2)Cc2ccccc21. The van der Waals surface area contributed by atoms with Gasteiger partial charge in [0.15, 0.2) is 11.3 Å². The van der Waals surface area contributed by atoms with E-state index in [1.165, 1.54) is 11.1 Å². The van der Waals surface area contributed by atoms with Gasteiger partial charge in [-0.05, 0) is 33.0 Å². The molecule has 1 aliphatic heterocycles. The molecule has 1 amide bonds. The third-order valence-corrected chi connectivity index (χ3v) is 4.64. The van der Waals surface area contributed by atoms with E-state index in [0.29, 0.717) is 30.3 Å². The zero-order chi connectivity index (χ0) is 16.0. The molecule has 0 saturated heterocycles. The van der Waals surface area contributed by atoms with E-state index in [-0.39, 0.29) is 5.91 Å². The minimum atomic E-state index is -0.0482. The topological polar surface area (TPSA) is 50.5 Å². The van der Waals surface area contributed by atoms with Crippen molar-refractivity contribution in [2.24, 2.45) is 0 Å². The van der Waals surface area contributed by atoms with Crippen LogP contribution in [0.25, 0.3) is 5.65 Å². The number of rotatable bonds is 1. The molecule has 5 nitrogen and oxygen atoms in total. The molecule has 0 saturated carbocycles. The lowest BCUT2D eigenvalue weighted by Gasteiger charge is -2.32. The van der Waals surface area contributed by atoms with Gasteiger partial charge in [-0.15, -0.1) is 0 Å². The van der Waals surface area contributed by atoms with Crippen molar-refractivity contribution in [3.05, 3.63) is 64.0 Å². The highest BCUT2D eigenvalue weighted by Gasteiger charge is 2.27. The molecular formula is C17H15BrN4O. The van der Waals surface area contributed by atoms with E-state index in [0.717, 1.165) is 4.47 Å². The number of benzene rings is 1. The fourth-order valence-corrected chi connectivity index (χ4v) is 3.43. The summed E-state index contributed by atoms with van der Waals surface area (Å²) < 4.78 is 2.45. The average Bonchev–Trinajstić information content (AvgIpc) is 2.97. The predicted molar refractivity (Wildman–Crippen MR) is 90.3 cm³/mol. The molecule has 23 heavy (non-hydrogen) atoms. The summed E-state index contributed by atoms with van der Waals surface area (Å²) in [4.78, 5) is 18.9. The molecule has 1 atom stereocenters.